The van der Waals surface area contributed by atoms with Gasteiger partial charge in [-0.2, -0.15) is 0 Å². The van der Waals surface area contributed by atoms with E-state index in [0.717, 1.165) is 6.42 Å². The summed E-state index contributed by atoms with van der Waals surface area (Å²) in [6.45, 7) is 39.7. The Morgan fingerprint density at radius 2 is 0.931 bits per heavy atom. The van der Waals surface area contributed by atoms with Crippen molar-refractivity contribution in [2.24, 2.45) is 32.5 Å². The lowest BCUT2D eigenvalue weighted by Crippen LogP contribution is -2.34. The van der Waals surface area contributed by atoms with Crippen LogP contribution in [0, 0.1) is 32.5 Å². The van der Waals surface area contributed by atoms with Crippen LogP contribution in [0.5, 0.6) is 0 Å². The van der Waals surface area contributed by atoms with Crippen molar-refractivity contribution in [2.45, 2.75) is 129 Å². The van der Waals surface area contributed by atoms with Crippen LogP contribution in [0.1, 0.15) is 129 Å². The van der Waals surface area contributed by atoms with Gasteiger partial charge in [0.1, 0.15) is 0 Å². The van der Waals surface area contributed by atoms with E-state index in [1.165, 1.54) is 37.7 Å². The number of allylic oxidation sites excluding steroid dienone is 2. The maximum atomic E-state index is 4.29. The Morgan fingerprint density at radius 3 is 1.24 bits per heavy atom. The maximum absolute atomic E-state index is 4.29. The minimum absolute atomic E-state index is 0.157. The molecule has 0 radical (unpaired) electrons. The van der Waals surface area contributed by atoms with Crippen molar-refractivity contribution in [1.82, 2.24) is 0 Å². The van der Waals surface area contributed by atoms with Crippen molar-refractivity contribution in [3.8, 4) is 0 Å². The van der Waals surface area contributed by atoms with Crippen LogP contribution in [0.15, 0.2) is 24.8 Å². The van der Waals surface area contributed by atoms with Gasteiger partial charge in [0.15, 0.2) is 0 Å². The zero-order valence-electron chi connectivity index (χ0n) is 22.7. The third-order valence-electron chi connectivity index (χ3n) is 5.96. The second kappa shape index (κ2) is 9.32. The minimum Gasteiger partial charge on any atom is -0.103 e. The van der Waals surface area contributed by atoms with Gasteiger partial charge in [-0.05, 0) is 77.9 Å². The van der Waals surface area contributed by atoms with Gasteiger partial charge in [0.2, 0.25) is 0 Å². The molecule has 0 heteroatoms. The van der Waals surface area contributed by atoms with Crippen LogP contribution in [0.25, 0.3) is 0 Å². The van der Waals surface area contributed by atoms with Crippen LogP contribution in [0.4, 0.5) is 0 Å². The highest BCUT2D eigenvalue weighted by Crippen LogP contribution is 2.51. The Kier molecular flexibility index (Phi) is 9.15. The van der Waals surface area contributed by atoms with Gasteiger partial charge in [0, 0.05) is 0 Å². The Morgan fingerprint density at radius 1 is 0.586 bits per heavy atom. The van der Waals surface area contributed by atoms with E-state index >= 15 is 0 Å². The van der Waals surface area contributed by atoms with Crippen molar-refractivity contribution >= 4 is 0 Å². The summed E-state index contributed by atoms with van der Waals surface area (Å²) in [7, 11) is 0. The highest BCUT2D eigenvalue weighted by molar-refractivity contribution is 5.01. The molecule has 0 aromatic rings. The van der Waals surface area contributed by atoms with Gasteiger partial charge in [0.25, 0.3) is 0 Å². The van der Waals surface area contributed by atoms with Crippen molar-refractivity contribution in [1.29, 1.82) is 0 Å². The summed E-state index contributed by atoms with van der Waals surface area (Å²) in [5.41, 5.74) is 3.03. The van der Waals surface area contributed by atoms with E-state index in [4.69, 9.17) is 0 Å². The van der Waals surface area contributed by atoms with E-state index < -0.39 is 0 Å². The Labute approximate surface area is 186 Å². The molecule has 0 aliphatic carbocycles. The molecule has 1 atom stereocenters. The van der Waals surface area contributed by atoms with Gasteiger partial charge >= 0.3 is 0 Å². The fraction of sp³-hybridized carbons (Fsp3) is 0.862. The Balaban J connectivity index is 5.34. The van der Waals surface area contributed by atoms with E-state index in [-0.39, 0.29) is 10.8 Å². The first-order valence-electron chi connectivity index (χ1n) is 11.8. The average molecular weight is 405 g/mol. The molecule has 0 fully saturated rings. The molecule has 0 bridgehead atoms. The second-order valence-corrected chi connectivity index (χ2v) is 15.1. The molecule has 0 amide bonds. The molecule has 0 spiro atoms. The van der Waals surface area contributed by atoms with Gasteiger partial charge in [-0.25, -0.2) is 0 Å². The molecule has 0 aliphatic heterocycles. The van der Waals surface area contributed by atoms with E-state index in [9.17, 15) is 0 Å². The van der Waals surface area contributed by atoms with E-state index in [1.54, 1.807) is 0 Å². The molecule has 0 aromatic carbocycles. The van der Waals surface area contributed by atoms with E-state index in [0.29, 0.717) is 21.7 Å². The molecule has 1 unspecified atom stereocenters. The minimum atomic E-state index is 0.157. The molecule has 0 aromatic heterocycles. The van der Waals surface area contributed by atoms with Crippen LogP contribution in [-0.4, -0.2) is 0 Å². The van der Waals surface area contributed by atoms with Crippen LogP contribution in [0.3, 0.4) is 0 Å². The molecule has 0 saturated heterocycles. The lowest BCUT2D eigenvalue weighted by atomic mass is 9.60. The van der Waals surface area contributed by atoms with Crippen molar-refractivity contribution in [3.05, 3.63) is 24.8 Å². The normalized spacial score (nSPS) is 16.4. The quantitative estimate of drug-likeness (QED) is 0.284. The summed E-state index contributed by atoms with van der Waals surface area (Å²) in [6, 6.07) is 0. The molecule has 0 heterocycles. The van der Waals surface area contributed by atoms with Gasteiger partial charge in [0.05, 0.1) is 0 Å². The molecular formula is C29H56. The summed E-state index contributed by atoms with van der Waals surface area (Å²) in [6.07, 6.45) is 9.46. The molecule has 172 valence electrons. The van der Waals surface area contributed by atoms with Gasteiger partial charge < -0.3 is 0 Å². The van der Waals surface area contributed by atoms with Crippen LogP contribution < -0.4 is 0 Å². The topological polar surface area (TPSA) is 0 Å². The van der Waals surface area contributed by atoms with Gasteiger partial charge in [-0.3, -0.25) is 0 Å². The van der Waals surface area contributed by atoms with E-state index in [1.807, 2.05) is 0 Å². The fourth-order valence-electron chi connectivity index (χ4n) is 7.49. The molecule has 0 N–H and O–H groups in total. The van der Waals surface area contributed by atoms with E-state index in [2.05, 4.69) is 109 Å². The standard InChI is InChI=1S/C29H56/c1-16-29(15,21-27(11,12)19-25(7,8)17-23(2)3)22-28(13,14)20-26(9,10)18-24(4,5)6/h16H,1-2,17-22H2,3-15H3. The van der Waals surface area contributed by atoms with Crippen LogP contribution in [-0.2, 0) is 0 Å². The monoisotopic (exact) mass is 404 g/mol. The maximum Gasteiger partial charge on any atom is -0.0139 e. The van der Waals surface area contributed by atoms with Crippen molar-refractivity contribution in [3.63, 3.8) is 0 Å². The molecule has 0 rings (SSSR count). The van der Waals surface area contributed by atoms with Crippen LogP contribution in [0.2, 0.25) is 0 Å². The number of rotatable bonds is 12. The molecule has 0 nitrogen and oxygen atoms in total. The van der Waals surface area contributed by atoms with Crippen molar-refractivity contribution < 1.29 is 0 Å². The fourth-order valence-corrected chi connectivity index (χ4v) is 7.49. The van der Waals surface area contributed by atoms with Gasteiger partial charge in [-0.15, -0.1) is 13.2 Å². The van der Waals surface area contributed by atoms with Crippen LogP contribution >= 0.6 is 0 Å². The third kappa shape index (κ3) is 12.7. The lowest BCUT2D eigenvalue weighted by Gasteiger charge is -2.45. The zero-order valence-corrected chi connectivity index (χ0v) is 22.7. The largest absolute Gasteiger partial charge is 0.103 e. The summed E-state index contributed by atoms with van der Waals surface area (Å²) in [5, 5.41) is 0. The third-order valence-corrected chi connectivity index (χ3v) is 5.96. The molecule has 29 heavy (non-hydrogen) atoms. The highest BCUT2D eigenvalue weighted by Gasteiger charge is 2.40. The van der Waals surface area contributed by atoms with Gasteiger partial charge in [-0.1, -0.05) is 94.7 Å². The summed E-state index contributed by atoms with van der Waals surface area (Å²) in [5.74, 6) is 0. The summed E-state index contributed by atoms with van der Waals surface area (Å²) < 4.78 is 0. The smallest absolute Gasteiger partial charge is 0.0139 e. The predicted molar refractivity (Wildman–Crippen MR) is 135 cm³/mol. The Hall–Kier alpha value is -0.520. The molecule has 0 saturated carbocycles. The lowest BCUT2D eigenvalue weighted by molar-refractivity contribution is 0.0727. The summed E-state index contributed by atoms with van der Waals surface area (Å²) in [4.78, 5) is 0. The first-order valence-corrected chi connectivity index (χ1v) is 11.8. The second-order valence-electron chi connectivity index (χ2n) is 15.1. The highest BCUT2D eigenvalue weighted by atomic mass is 14.4. The molecular weight excluding hydrogens is 348 g/mol. The number of hydrogen-bond acceptors (Lipinski definition) is 0. The average Bonchev–Trinajstić information content (AvgIpc) is 2.27. The SMILES string of the molecule is C=CC(C)(CC(C)(C)CC(C)(C)CC(=C)C)CC(C)(C)CC(C)(C)CC(C)(C)C. The Bertz CT molecular complexity index is 547. The number of hydrogen-bond donors (Lipinski definition) is 0. The predicted octanol–water partition coefficient (Wildman–Crippen LogP) is 10.2. The first-order chi connectivity index (χ1) is 12.5. The molecule has 0 aliphatic rings. The van der Waals surface area contributed by atoms with Crippen molar-refractivity contribution in [2.75, 3.05) is 0 Å². The zero-order chi connectivity index (χ0) is 23.5. The summed E-state index contributed by atoms with van der Waals surface area (Å²) >= 11 is 0. The first kappa shape index (κ1) is 28.5.